The summed E-state index contributed by atoms with van der Waals surface area (Å²) in [7, 11) is 0. The first kappa shape index (κ1) is 15.0. The third kappa shape index (κ3) is 3.21. The average Bonchev–Trinajstić information content (AvgIpc) is 3.25. The van der Waals surface area contributed by atoms with Crippen LogP contribution in [-0.4, -0.2) is 53.2 Å². The van der Waals surface area contributed by atoms with Crippen LogP contribution in [0.25, 0.3) is 0 Å². The van der Waals surface area contributed by atoms with Crippen molar-refractivity contribution in [1.29, 1.82) is 0 Å². The number of piperazine rings is 1. The molecule has 2 fully saturated rings. The summed E-state index contributed by atoms with van der Waals surface area (Å²) < 4.78 is 0. The Morgan fingerprint density at radius 1 is 0.957 bits per heavy atom. The topological polar surface area (TPSA) is 36.0 Å². The predicted octanol–water partition coefficient (Wildman–Crippen LogP) is 2.61. The normalized spacial score (nSPS) is 23.2. The summed E-state index contributed by atoms with van der Waals surface area (Å²) in [5, 5.41) is 1.84. The van der Waals surface area contributed by atoms with E-state index in [1.165, 1.54) is 36.8 Å². The van der Waals surface area contributed by atoms with Crippen molar-refractivity contribution in [3.05, 3.63) is 35.4 Å². The van der Waals surface area contributed by atoms with Gasteiger partial charge in [-0.05, 0) is 24.0 Å². The van der Waals surface area contributed by atoms with Crippen molar-refractivity contribution in [2.75, 3.05) is 26.2 Å². The molecule has 0 bridgehead atoms. The van der Waals surface area contributed by atoms with Gasteiger partial charge in [0.25, 0.3) is 0 Å². The molecule has 5 nitrogen and oxygen atoms in total. The minimum Gasteiger partial charge on any atom is -0.351 e. The number of hydrogen-bond donors (Lipinski definition) is 0. The van der Waals surface area contributed by atoms with Gasteiger partial charge < -0.3 is 4.84 Å². The number of hydrogen-bond acceptors (Lipinski definition) is 4. The van der Waals surface area contributed by atoms with Crippen molar-refractivity contribution in [1.82, 2.24) is 14.9 Å². The monoisotopic (exact) mass is 315 g/mol. The van der Waals surface area contributed by atoms with Crippen LogP contribution in [0.2, 0.25) is 0 Å². The molecule has 2 heterocycles. The first-order chi connectivity index (χ1) is 11.3. The number of fused-ring (bicyclic) bond motifs is 1. The maximum atomic E-state index is 12.4. The van der Waals surface area contributed by atoms with Crippen LogP contribution in [0.3, 0.4) is 0 Å². The zero-order valence-electron chi connectivity index (χ0n) is 13.6. The fourth-order valence-electron chi connectivity index (χ4n) is 4.06. The van der Waals surface area contributed by atoms with Gasteiger partial charge in [0.2, 0.25) is 0 Å². The summed E-state index contributed by atoms with van der Waals surface area (Å²) in [5.74, 6) is 0. The predicted molar refractivity (Wildman–Crippen MR) is 87.6 cm³/mol. The van der Waals surface area contributed by atoms with Crippen LogP contribution < -0.4 is 0 Å². The Morgan fingerprint density at radius 3 is 2.17 bits per heavy atom. The molecular formula is C18H25N3O2. The Bertz CT molecular complexity index is 538. The van der Waals surface area contributed by atoms with Crippen molar-refractivity contribution < 1.29 is 9.63 Å². The SMILES string of the molecule is O=C(ON1CCN(C2CCCC2)CC1)N1Cc2ccccc2C1. The zero-order chi connectivity index (χ0) is 15.6. The quantitative estimate of drug-likeness (QED) is 0.840. The summed E-state index contributed by atoms with van der Waals surface area (Å²) in [4.78, 5) is 22.3. The van der Waals surface area contributed by atoms with Gasteiger partial charge in [-0.2, -0.15) is 0 Å². The second-order valence-corrected chi connectivity index (χ2v) is 6.89. The molecule has 4 rings (SSSR count). The molecule has 1 saturated carbocycles. The summed E-state index contributed by atoms with van der Waals surface area (Å²) in [6.45, 7) is 5.00. The lowest BCUT2D eigenvalue weighted by Crippen LogP contribution is -2.50. The maximum absolute atomic E-state index is 12.4. The van der Waals surface area contributed by atoms with Gasteiger partial charge in [-0.15, -0.1) is 5.06 Å². The number of rotatable bonds is 2. The van der Waals surface area contributed by atoms with Crippen LogP contribution in [-0.2, 0) is 17.9 Å². The Kier molecular flexibility index (Phi) is 4.23. The minimum absolute atomic E-state index is 0.212. The van der Waals surface area contributed by atoms with Gasteiger partial charge in [-0.1, -0.05) is 37.1 Å². The third-order valence-corrected chi connectivity index (χ3v) is 5.42. The van der Waals surface area contributed by atoms with Gasteiger partial charge in [0.15, 0.2) is 0 Å². The lowest BCUT2D eigenvalue weighted by molar-refractivity contribution is -0.137. The Balaban J connectivity index is 1.26. The number of nitrogens with zero attached hydrogens (tertiary/aromatic N) is 3. The fraction of sp³-hybridized carbons (Fsp3) is 0.611. The molecule has 1 saturated heterocycles. The molecule has 23 heavy (non-hydrogen) atoms. The molecule has 0 N–H and O–H groups in total. The highest BCUT2D eigenvalue weighted by Gasteiger charge is 2.30. The van der Waals surface area contributed by atoms with Crippen molar-refractivity contribution in [2.24, 2.45) is 0 Å². The van der Waals surface area contributed by atoms with Crippen LogP contribution in [0.4, 0.5) is 4.79 Å². The van der Waals surface area contributed by atoms with E-state index in [-0.39, 0.29) is 6.09 Å². The minimum atomic E-state index is -0.212. The molecule has 0 radical (unpaired) electrons. The van der Waals surface area contributed by atoms with E-state index >= 15 is 0 Å². The molecule has 5 heteroatoms. The highest BCUT2D eigenvalue weighted by molar-refractivity contribution is 5.68. The molecule has 0 spiro atoms. The Morgan fingerprint density at radius 2 is 1.57 bits per heavy atom. The second-order valence-electron chi connectivity index (χ2n) is 6.89. The van der Waals surface area contributed by atoms with Gasteiger partial charge in [-0.25, -0.2) is 4.79 Å². The van der Waals surface area contributed by atoms with E-state index in [1.54, 1.807) is 4.90 Å². The molecule has 1 aromatic rings. The van der Waals surface area contributed by atoms with Crippen LogP contribution in [0.5, 0.6) is 0 Å². The molecule has 3 aliphatic rings. The van der Waals surface area contributed by atoms with E-state index in [9.17, 15) is 4.79 Å². The number of amides is 1. The number of benzene rings is 1. The summed E-state index contributed by atoms with van der Waals surface area (Å²) in [6, 6.07) is 8.98. The van der Waals surface area contributed by atoms with Crippen LogP contribution in [0.1, 0.15) is 36.8 Å². The molecule has 0 aromatic heterocycles. The summed E-state index contributed by atoms with van der Waals surface area (Å²) >= 11 is 0. The standard InChI is InChI=1S/C18H25N3O2/c22-18(20-13-15-5-1-2-6-16(15)14-20)23-21-11-9-19(10-12-21)17-7-3-4-8-17/h1-2,5-6,17H,3-4,7-14H2. The molecule has 2 aliphatic heterocycles. The smallest absolute Gasteiger partial charge is 0.351 e. The molecule has 124 valence electrons. The first-order valence-electron chi connectivity index (χ1n) is 8.82. The number of carbonyl (C=O) groups is 1. The fourth-order valence-corrected chi connectivity index (χ4v) is 4.06. The second kappa shape index (κ2) is 6.49. The highest BCUT2D eigenvalue weighted by atomic mass is 16.7. The lowest BCUT2D eigenvalue weighted by Gasteiger charge is -2.37. The van der Waals surface area contributed by atoms with Gasteiger partial charge in [0, 0.05) is 45.3 Å². The van der Waals surface area contributed by atoms with Crippen molar-refractivity contribution in [2.45, 2.75) is 44.8 Å². The van der Waals surface area contributed by atoms with Gasteiger partial charge in [0.05, 0.1) is 0 Å². The van der Waals surface area contributed by atoms with E-state index in [4.69, 9.17) is 4.84 Å². The maximum Gasteiger partial charge on any atom is 0.429 e. The van der Waals surface area contributed by atoms with Crippen molar-refractivity contribution in [3.63, 3.8) is 0 Å². The van der Waals surface area contributed by atoms with E-state index < -0.39 is 0 Å². The average molecular weight is 315 g/mol. The molecule has 1 aliphatic carbocycles. The summed E-state index contributed by atoms with van der Waals surface area (Å²) in [5.41, 5.74) is 2.46. The molecular weight excluding hydrogens is 290 g/mol. The lowest BCUT2D eigenvalue weighted by atomic mass is 10.1. The van der Waals surface area contributed by atoms with Crippen LogP contribution >= 0.6 is 0 Å². The van der Waals surface area contributed by atoms with Crippen molar-refractivity contribution >= 4 is 6.09 Å². The molecule has 0 atom stereocenters. The highest BCUT2D eigenvalue weighted by Crippen LogP contribution is 2.25. The number of carbonyl (C=O) groups excluding carboxylic acids is 1. The van der Waals surface area contributed by atoms with Gasteiger partial charge in [0.1, 0.15) is 0 Å². The van der Waals surface area contributed by atoms with E-state index in [1.807, 2.05) is 17.2 Å². The zero-order valence-corrected chi connectivity index (χ0v) is 13.6. The molecule has 1 aromatic carbocycles. The first-order valence-corrected chi connectivity index (χ1v) is 8.82. The van der Waals surface area contributed by atoms with Crippen LogP contribution in [0, 0.1) is 0 Å². The molecule has 1 amide bonds. The van der Waals surface area contributed by atoms with Crippen molar-refractivity contribution in [3.8, 4) is 0 Å². The van der Waals surface area contributed by atoms with E-state index in [2.05, 4.69) is 17.0 Å². The Hall–Kier alpha value is -1.59. The van der Waals surface area contributed by atoms with E-state index in [0.717, 1.165) is 32.2 Å². The van der Waals surface area contributed by atoms with Gasteiger partial charge >= 0.3 is 6.09 Å². The largest absolute Gasteiger partial charge is 0.429 e. The van der Waals surface area contributed by atoms with Gasteiger partial charge in [-0.3, -0.25) is 9.80 Å². The molecule has 0 unspecified atom stereocenters. The summed E-state index contributed by atoms with van der Waals surface area (Å²) in [6.07, 6.45) is 5.21. The third-order valence-electron chi connectivity index (χ3n) is 5.42. The van der Waals surface area contributed by atoms with E-state index in [0.29, 0.717) is 13.1 Å². The van der Waals surface area contributed by atoms with Crippen LogP contribution in [0.15, 0.2) is 24.3 Å². The Labute approximate surface area is 137 Å². The number of hydroxylamine groups is 2.